The number of carbonyl (C=O) groups excluding carboxylic acids is 1. The fourth-order valence-corrected chi connectivity index (χ4v) is 2.04. The standard InChI is InChI=1S/C15H13Cl2NO4/c1-20-9-6-7-12(21-2)11(8-9)18-15(19)22-13-5-3-4-10(16)14(13)17/h3-8H,1-2H3,(H,18,19). The molecule has 0 aromatic heterocycles. The van der Waals surface area contributed by atoms with Crippen molar-refractivity contribution in [3.05, 3.63) is 46.4 Å². The van der Waals surface area contributed by atoms with E-state index < -0.39 is 6.09 Å². The van der Waals surface area contributed by atoms with Crippen LogP contribution in [0.2, 0.25) is 10.0 Å². The molecule has 0 radical (unpaired) electrons. The Morgan fingerprint density at radius 1 is 1.05 bits per heavy atom. The van der Waals surface area contributed by atoms with Gasteiger partial charge in [-0.1, -0.05) is 29.3 Å². The number of rotatable bonds is 4. The molecule has 0 aliphatic heterocycles. The van der Waals surface area contributed by atoms with Crippen molar-refractivity contribution in [1.82, 2.24) is 0 Å². The average Bonchev–Trinajstić information content (AvgIpc) is 2.51. The van der Waals surface area contributed by atoms with Gasteiger partial charge in [-0.15, -0.1) is 0 Å². The maximum absolute atomic E-state index is 12.0. The van der Waals surface area contributed by atoms with Gasteiger partial charge in [-0.05, 0) is 24.3 Å². The summed E-state index contributed by atoms with van der Waals surface area (Å²) >= 11 is 11.8. The first-order chi connectivity index (χ1) is 10.5. The number of ether oxygens (including phenoxy) is 3. The molecule has 1 amide bonds. The molecule has 0 fully saturated rings. The Morgan fingerprint density at radius 2 is 1.82 bits per heavy atom. The molecule has 22 heavy (non-hydrogen) atoms. The highest BCUT2D eigenvalue weighted by Gasteiger charge is 2.13. The first-order valence-electron chi connectivity index (χ1n) is 6.20. The summed E-state index contributed by atoms with van der Waals surface area (Å²) in [7, 11) is 3.02. The number of hydrogen-bond donors (Lipinski definition) is 1. The molecule has 2 aromatic carbocycles. The van der Waals surface area contributed by atoms with Crippen LogP contribution in [0.1, 0.15) is 0 Å². The van der Waals surface area contributed by atoms with Crippen molar-refractivity contribution in [3.8, 4) is 17.2 Å². The van der Waals surface area contributed by atoms with E-state index in [1.807, 2.05) is 0 Å². The zero-order valence-electron chi connectivity index (χ0n) is 11.9. The highest BCUT2D eigenvalue weighted by molar-refractivity contribution is 6.43. The minimum Gasteiger partial charge on any atom is -0.497 e. The lowest BCUT2D eigenvalue weighted by molar-refractivity contribution is 0.215. The second kappa shape index (κ2) is 7.24. The summed E-state index contributed by atoms with van der Waals surface area (Å²) in [6, 6.07) is 9.75. The largest absolute Gasteiger partial charge is 0.497 e. The SMILES string of the molecule is COc1ccc(OC)c(NC(=O)Oc2cccc(Cl)c2Cl)c1. The second-order valence-electron chi connectivity index (χ2n) is 4.13. The fraction of sp³-hybridized carbons (Fsp3) is 0.133. The van der Waals surface area contributed by atoms with E-state index in [4.69, 9.17) is 37.4 Å². The van der Waals surface area contributed by atoms with Gasteiger partial charge in [0.15, 0.2) is 5.75 Å². The van der Waals surface area contributed by atoms with Crippen molar-refractivity contribution in [2.75, 3.05) is 19.5 Å². The third-order valence-corrected chi connectivity index (χ3v) is 3.56. The zero-order chi connectivity index (χ0) is 16.1. The van der Waals surface area contributed by atoms with Crippen LogP contribution in [0.25, 0.3) is 0 Å². The number of halogens is 2. The van der Waals surface area contributed by atoms with Crippen LogP contribution >= 0.6 is 23.2 Å². The Bertz CT molecular complexity index is 691. The number of amides is 1. The van der Waals surface area contributed by atoms with Crippen LogP contribution in [0.3, 0.4) is 0 Å². The van der Waals surface area contributed by atoms with Gasteiger partial charge >= 0.3 is 6.09 Å². The van der Waals surface area contributed by atoms with Crippen molar-refractivity contribution < 1.29 is 19.0 Å². The Labute approximate surface area is 137 Å². The molecule has 0 saturated carbocycles. The van der Waals surface area contributed by atoms with Crippen molar-refractivity contribution in [2.45, 2.75) is 0 Å². The molecule has 0 unspecified atom stereocenters. The van der Waals surface area contributed by atoms with Crippen molar-refractivity contribution in [2.24, 2.45) is 0 Å². The maximum atomic E-state index is 12.0. The summed E-state index contributed by atoms with van der Waals surface area (Å²) in [4.78, 5) is 12.0. The van der Waals surface area contributed by atoms with E-state index in [1.54, 1.807) is 30.3 Å². The van der Waals surface area contributed by atoms with Gasteiger partial charge in [-0.3, -0.25) is 5.32 Å². The second-order valence-corrected chi connectivity index (χ2v) is 4.92. The average molecular weight is 342 g/mol. The molecule has 1 N–H and O–H groups in total. The summed E-state index contributed by atoms with van der Waals surface area (Å²) in [5, 5.41) is 3.02. The minimum atomic E-state index is -0.726. The Morgan fingerprint density at radius 3 is 2.50 bits per heavy atom. The van der Waals surface area contributed by atoms with E-state index in [0.717, 1.165) is 0 Å². The van der Waals surface area contributed by atoms with E-state index in [1.165, 1.54) is 20.3 Å². The molecular weight excluding hydrogens is 329 g/mol. The number of methoxy groups -OCH3 is 2. The lowest BCUT2D eigenvalue weighted by Gasteiger charge is -2.12. The van der Waals surface area contributed by atoms with Crippen LogP contribution in [0, 0.1) is 0 Å². The predicted octanol–water partition coefficient (Wildman–Crippen LogP) is 4.62. The summed E-state index contributed by atoms with van der Waals surface area (Å²) in [5.41, 5.74) is 0.407. The molecule has 0 aliphatic rings. The van der Waals surface area contributed by atoms with Gasteiger partial charge in [0.1, 0.15) is 16.5 Å². The van der Waals surface area contributed by atoms with Crippen molar-refractivity contribution in [1.29, 1.82) is 0 Å². The van der Waals surface area contributed by atoms with Crippen LogP contribution in [0.4, 0.5) is 10.5 Å². The van der Waals surface area contributed by atoms with Gasteiger partial charge < -0.3 is 14.2 Å². The van der Waals surface area contributed by atoms with E-state index in [0.29, 0.717) is 22.2 Å². The molecule has 0 atom stereocenters. The Kier molecular flexibility index (Phi) is 5.35. The molecule has 0 bridgehead atoms. The minimum absolute atomic E-state index is 0.161. The predicted molar refractivity (Wildman–Crippen MR) is 85.7 cm³/mol. The number of benzene rings is 2. The van der Waals surface area contributed by atoms with Gasteiger partial charge in [-0.2, -0.15) is 0 Å². The third-order valence-electron chi connectivity index (χ3n) is 2.76. The van der Waals surface area contributed by atoms with Crippen LogP contribution in [-0.2, 0) is 0 Å². The monoisotopic (exact) mass is 341 g/mol. The first-order valence-corrected chi connectivity index (χ1v) is 6.95. The van der Waals surface area contributed by atoms with Crippen molar-refractivity contribution >= 4 is 35.0 Å². The molecule has 0 spiro atoms. The first kappa shape index (κ1) is 16.3. The third kappa shape index (κ3) is 3.75. The van der Waals surface area contributed by atoms with Crippen LogP contribution in [-0.4, -0.2) is 20.3 Å². The number of nitrogens with one attached hydrogen (secondary N) is 1. The summed E-state index contributed by atoms with van der Waals surface area (Å²) in [6.45, 7) is 0. The van der Waals surface area contributed by atoms with E-state index in [9.17, 15) is 4.79 Å². The molecule has 2 aromatic rings. The molecule has 0 aliphatic carbocycles. The zero-order valence-corrected chi connectivity index (χ0v) is 13.4. The van der Waals surface area contributed by atoms with Crippen LogP contribution < -0.4 is 19.5 Å². The number of carbonyl (C=O) groups is 1. The topological polar surface area (TPSA) is 56.8 Å². The highest BCUT2D eigenvalue weighted by atomic mass is 35.5. The van der Waals surface area contributed by atoms with Gasteiger partial charge in [0.2, 0.25) is 0 Å². The molecule has 116 valence electrons. The normalized spacial score (nSPS) is 10.0. The van der Waals surface area contributed by atoms with Crippen molar-refractivity contribution in [3.63, 3.8) is 0 Å². The fourth-order valence-electron chi connectivity index (χ4n) is 1.71. The van der Waals surface area contributed by atoms with Gasteiger partial charge in [0.05, 0.1) is 24.9 Å². The smallest absolute Gasteiger partial charge is 0.417 e. The summed E-state index contributed by atoms with van der Waals surface area (Å²) in [5.74, 6) is 1.19. The van der Waals surface area contributed by atoms with E-state index in [2.05, 4.69) is 5.32 Å². The Balaban J connectivity index is 2.16. The van der Waals surface area contributed by atoms with Gasteiger partial charge in [0, 0.05) is 6.07 Å². The highest BCUT2D eigenvalue weighted by Crippen LogP contribution is 2.32. The molecule has 5 nitrogen and oxygen atoms in total. The number of anilines is 1. The Hall–Kier alpha value is -2.11. The van der Waals surface area contributed by atoms with Gasteiger partial charge in [-0.25, -0.2) is 4.79 Å². The van der Waals surface area contributed by atoms with Gasteiger partial charge in [0.25, 0.3) is 0 Å². The van der Waals surface area contributed by atoms with Crippen LogP contribution in [0.5, 0.6) is 17.2 Å². The number of hydrogen-bond acceptors (Lipinski definition) is 4. The molecule has 0 saturated heterocycles. The quantitative estimate of drug-likeness (QED) is 0.881. The molecule has 7 heteroatoms. The summed E-state index contributed by atoms with van der Waals surface area (Å²) < 4.78 is 15.4. The molecule has 2 rings (SSSR count). The summed E-state index contributed by atoms with van der Waals surface area (Å²) in [6.07, 6.45) is -0.726. The van der Waals surface area contributed by atoms with E-state index in [-0.39, 0.29) is 10.8 Å². The lowest BCUT2D eigenvalue weighted by atomic mass is 10.2. The molecular formula is C15H13Cl2NO4. The molecule has 0 heterocycles. The van der Waals surface area contributed by atoms with Crippen LogP contribution in [0.15, 0.2) is 36.4 Å². The maximum Gasteiger partial charge on any atom is 0.417 e. The lowest BCUT2D eigenvalue weighted by Crippen LogP contribution is -2.17. The van der Waals surface area contributed by atoms with E-state index >= 15 is 0 Å².